The number of fused-ring (bicyclic) bond motifs is 1. The lowest BCUT2D eigenvalue weighted by atomic mass is 10.2. The summed E-state index contributed by atoms with van der Waals surface area (Å²) in [5.41, 5.74) is 1.04. The van der Waals surface area contributed by atoms with Gasteiger partial charge in [0.2, 0.25) is 0 Å². The summed E-state index contributed by atoms with van der Waals surface area (Å²) in [6.45, 7) is 4.69. The zero-order chi connectivity index (χ0) is 19.4. The van der Waals surface area contributed by atoms with Crippen LogP contribution >= 0.6 is 11.8 Å². The molecule has 0 aliphatic heterocycles. The summed E-state index contributed by atoms with van der Waals surface area (Å²) in [6.07, 6.45) is -1.37. The van der Waals surface area contributed by atoms with E-state index in [-0.39, 0.29) is 13.2 Å². The second kappa shape index (κ2) is 9.11. The summed E-state index contributed by atoms with van der Waals surface area (Å²) < 4.78 is 6.99. The summed E-state index contributed by atoms with van der Waals surface area (Å²) in [6, 6.07) is -0.526. The minimum atomic E-state index is -1.07. The minimum Gasteiger partial charge on any atom is -0.394 e. The summed E-state index contributed by atoms with van der Waals surface area (Å²) in [5.74, 6) is 1.49. The van der Waals surface area contributed by atoms with Crippen LogP contribution in [0.4, 0.5) is 5.82 Å². The molecule has 1 saturated carbocycles. The van der Waals surface area contributed by atoms with E-state index in [1.807, 2.05) is 6.92 Å². The average molecular weight is 398 g/mol. The van der Waals surface area contributed by atoms with Gasteiger partial charge in [-0.1, -0.05) is 23.9 Å². The number of ether oxygens (including phenoxy) is 1. The number of anilines is 1. The molecule has 0 unspecified atom stereocenters. The number of aromatic nitrogens is 5. The molecule has 1 aliphatic carbocycles. The number of rotatable bonds is 9. The Hall–Kier alpha value is -1.53. The maximum absolute atomic E-state index is 10.5. The molecule has 10 nitrogen and oxygen atoms in total. The van der Waals surface area contributed by atoms with Crippen LogP contribution in [0.2, 0.25) is 0 Å². The van der Waals surface area contributed by atoms with E-state index in [2.05, 4.69) is 32.5 Å². The van der Waals surface area contributed by atoms with Gasteiger partial charge in [0.15, 0.2) is 22.1 Å². The van der Waals surface area contributed by atoms with Crippen molar-refractivity contribution in [3.63, 3.8) is 0 Å². The first-order valence-electron chi connectivity index (χ1n) is 9.18. The van der Waals surface area contributed by atoms with Gasteiger partial charge in [-0.15, -0.1) is 5.10 Å². The molecule has 150 valence electrons. The number of nitrogens with one attached hydrogen (secondary N) is 1. The van der Waals surface area contributed by atoms with Gasteiger partial charge in [0.1, 0.15) is 12.2 Å². The third-order valence-corrected chi connectivity index (χ3v) is 5.47. The molecule has 0 aromatic carbocycles. The highest BCUT2D eigenvalue weighted by Crippen LogP contribution is 2.35. The summed E-state index contributed by atoms with van der Waals surface area (Å²) >= 11 is 1.55. The predicted molar refractivity (Wildman–Crippen MR) is 101 cm³/mol. The monoisotopic (exact) mass is 398 g/mol. The second-order valence-electron chi connectivity index (χ2n) is 6.36. The molecule has 1 fully saturated rings. The largest absolute Gasteiger partial charge is 0.394 e. The van der Waals surface area contributed by atoms with E-state index in [0.29, 0.717) is 35.1 Å². The van der Waals surface area contributed by atoms with Crippen LogP contribution < -0.4 is 5.32 Å². The van der Waals surface area contributed by atoms with Crippen molar-refractivity contribution in [1.29, 1.82) is 0 Å². The van der Waals surface area contributed by atoms with Crippen molar-refractivity contribution in [1.82, 2.24) is 25.0 Å². The SMILES string of the molecule is CCCSc1nc(NCC)c2nnn([C@@H]3C[C@H](OCCO)[C@@H](O)[C@H]3O)c2n1. The second-order valence-corrected chi connectivity index (χ2v) is 7.42. The third-order valence-electron chi connectivity index (χ3n) is 4.42. The molecule has 0 bridgehead atoms. The van der Waals surface area contributed by atoms with Gasteiger partial charge < -0.3 is 25.4 Å². The van der Waals surface area contributed by atoms with Gasteiger partial charge in [0.05, 0.1) is 25.4 Å². The lowest BCUT2D eigenvalue weighted by Crippen LogP contribution is -2.33. The summed E-state index contributed by atoms with van der Waals surface area (Å²) in [5, 5.41) is 41.9. The predicted octanol–water partition coefficient (Wildman–Crippen LogP) is 0.199. The Morgan fingerprint density at radius 2 is 2.07 bits per heavy atom. The molecule has 0 spiro atoms. The zero-order valence-electron chi connectivity index (χ0n) is 15.4. The normalized spacial score (nSPS) is 25.4. The first kappa shape index (κ1) is 20.2. The maximum atomic E-state index is 10.5. The van der Waals surface area contributed by atoms with Crippen molar-refractivity contribution < 1.29 is 20.1 Å². The number of nitrogens with zero attached hydrogens (tertiary/aromatic N) is 5. The summed E-state index contributed by atoms with van der Waals surface area (Å²) in [7, 11) is 0. The molecule has 1 aliphatic rings. The highest BCUT2D eigenvalue weighted by molar-refractivity contribution is 7.99. The average Bonchev–Trinajstić information content (AvgIpc) is 3.21. The Balaban J connectivity index is 1.95. The molecule has 0 radical (unpaired) electrons. The molecule has 3 rings (SSSR count). The Morgan fingerprint density at radius 3 is 2.78 bits per heavy atom. The van der Waals surface area contributed by atoms with Crippen molar-refractivity contribution in [2.75, 3.05) is 30.8 Å². The van der Waals surface area contributed by atoms with Crippen molar-refractivity contribution in [2.24, 2.45) is 0 Å². The molecule has 2 aromatic rings. The zero-order valence-corrected chi connectivity index (χ0v) is 16.3. The highest BCUT2D eigenvalue weighted by atomic mass is 32.2. The molecule has 0 saturated heterocycles. The van der Waals surface area contributed by atoms with E-state index >= 15 is 0 Å². The van der Waals surface area contributed by atoms with E-state index in [4.69, 9.17) is 9.84 Å². The van der Waals surface area contributed by atoms with Crippen molar-refractivity contribution in [2.45, 2.75) is 56.2 Å². The Kier molecular flexibility index (Phi) is 6.82. The fraction of sp³-hybridized carbons (Fsp3) is 0.750. The smallest absolute Gasteiger partial charge is 0.191 e. The summed E-state index contributed by atoms with van der Waals surface area (Å²) in [4.78, 5) is 9.10. The van der Waals surface area contributed by atoms with Crippen molar-refractivity contribution >= 4 is 28.7 Å². The van der Waals surface area contributed by atoms with E-state index in [1.165, 1.54) is 0 Å². The number of aliphatic hydroxyl groups is 3. The van der Waals surface area contributed by atoms with Gasteiger partial charge in [-0.25, -0.2) is 14.6 Å². The maximum Gasteiger partial charge on any atom is 0.191 e. The molecule has 11 heteroatoms. The molecule has 0 amide bonds. The number of aliphatic hydroxyl groups excluding tert-OH is 3. The molecular formula is C16H26N6O4S. The Bertz CT molecular complexity index is 760. The number of hydrogen-bond donors (Lipinski definition) is 4. The van der Waals surface area contributed by atoms with E-state index < -0.39 is 24.4 Å². The molecule has 4 atom stereocenters. The van der Waals surface area contributed by atoms with Crippen LogP contribution in [0.5, 0.6) is 0 Å². The lowest BCUT2D eigenvalue weighted by Gasteiger charge is -2.17. The molecule has 27 heavy (non-hydrogen) atoms. The van der Waals surface area contributed by atoms with Gasteiger partial charge in [0.25, 0.3) is 0 Å². The van der Waals surface area contributed by atoms with Crippen LogP contribution in [-0.4, -0.2) is 84.1 Å². The number of thioether (sulfide) groups is 1. The molecule has 4 N–H and O–H groups in total. The van der Waals surface area contributed by atoms with Crippen molar-refractivity contribution in [3.8, 4) is 0 Å². The van der Waals surface area contributed by atoms with Crippen molar-refractivity contribution in [3.05, 3.63) is 0 Å². The number of hydrogen-bond acceptors (Lipinski definition) is 10. The fourth-order valence-corrected chi connectivity index (χ4v) is 3.86. The van der Waals surface area contributed by atoms with Crippen LogP contribution in [0.15, 0.2) is 5.16 Å². The van der Waals surface area contributed by atoms with Gasteiger partial charge >= 0.3 is 0 Å². The highest BCUT2D eigenvalue weighted by Gasteiger charge is 2.44. The third kappa shape index (κ3) is 4.16. The first-order valence-corrected chi connectivity index (χ1v) is 10.2. The van der Waals surface area contributed by atoms with Crippen LogP contribution in [0.25, 0.3) is 11.2 Å². The van der Waals surface area contributed by atoms with Gasteiger partial charge in [-0.2, -0.15) is 0 Å². The first-order chi connectivity index (χ1) is 13.1. The minimum absolute atomic E-state index is 0.101. The Labute approximate surface area is 161 Å². The lowest BCUT2D eigenvalue weighted by molar-refractivity contribution is -0.0629. The Morgan fingerprint density at radius 1 is 1.26 bits per heavy atom. The van der Waals surface area contributed by atoms with Crippen LogP contribution in [0.1, 0.15) is 32.7 Å². The van der Waals surface area contributed by atoms with Gasteiger partial charge in [0, 0.05) is 18.7 Å². The molecule has 2 aromatic heterocycles. The standard InChI is InChI=1S/C16H26N6O4S/c1-3-7-27-16-18-14(17-4-2)11-15(19-16)22(21-20-11)9-8-10(26-6-5-23)13(25)12(9)24/h9-10,12-13,23-25H,3-8H2,1-2H3,(H,17,18,19)/t9-,10+,12+,13-/m1/s1. The fourth-order valence-electron chi connectivity index (χ4n) is 3.16. The van der Waals surface area contributed by atoms with E-state index in [1.54, 1.807) is 16.4 Å². The quantitative estimate of drug-likeness (QED) is 0.342. The molecular weight excluding hydrogens is 372 g/mol. The van der Waals surface area contributed by atoms with Gasteiger partial charge in [-0.3, -0.25) is 0 Å². The van der Waals surface area contributed by atoms with Crippen LogP contribution in [0, 0.1) is 0 Å². The van der Waals surface area contributed by atoms with Gasteiger partial charge in [-0.05, 0) is 13.3 Å². The molecule has 2 heterocycles. The van der Waals surface area contributed by atoms with Crippen LogP contribution in [-0.2, 0) is 4.74 Å². The topological polar surface area (TPSA) is 138 Å². The van der Waals surface area contributed by atoms with E-state index in [9.17, 15) is 10.2 Å². The van der Waals surface area contributed by atoms with Crippen LogP contribution in [0.3, 0.4) is 0 Å². The van der Waals surface area contributed by atoms with E-state index in [0.717, 1.165) is 12.2 Å².